The van der Waals surface area contributed by atoms with Crippen molar-refractivity contribution >= 4 is 16.7 Å². The topological polar surface area (TPSA) is 37.4 Å². The highest BCUT2D eigenvalue weighted by Gasteiger charge is 2.29. The van der Waals surface area contributed by atoms with E-state index in [2.05, 4.69) is 30.3 Å². The highest BCUT2D eigenvalue weighted by Crippen LogP contribution is 2.34. The van der Waals surface area contributed by atoms with Crippen molar-refractivity contribution in [2.45, 2.75) is 18.2 Å². The van der Waals surface area contributed by atoms with Crippen LogP contribution < -0.4 is 0 Å². The Morgan fingerprint density at radius 2 is 1.75 bits per heavy atom. The Hall–Kier alpha value is -2.72. The first-order valence-corrected chi connectivity index (χ1v) is 11.2. The van der Waals surface area contributed by atoms with Crippen LogP contribution in [0.4, 0.5) is 0 Å². The van der Waals surface area contributed by atoms with Gasteiger partial charge in [0.2, 0.25) is 0 Å². The summed E-state index contributed by atoms with van der Waals surface area (Å²) in [5.74, 6) is 0.664. The van der Waals surface area contributed by atoms with Gasteiger partial charge in [0.25, 0.3) is 5.91 Å². The fourth-order valence-corrected chi connectivity index (χ4v) is 4.59. The van der Waals surface area contributed by atoms with Gasteiger partial charge in [-0.25, -0.2) is 0 Å². The summed E-state index contributed by atoms with van der Waals surface area (Å²) in [5.41, 5.74) is 5.31. The van der Waals surface area contributed by atoms with E-state index >= 15 is 0 Å². The first-order chi connectivity index (χ1) is 13.6. The molecule has 0 aromatic heterocycles. The quantitative estimate of drug-likeness (QED) is 0.665. The Morgan fingerprint density at radius 3 is 2.54 bits per heavy atom. The van der Waals surface area contributed by atoms with Crippen molar-refractivity contribution in [3.05, 3.63) is 107 Å². The van der Waals surface area contributed by atoms with Gasteiger partial charge >= 0.3 is 0 Å². The number of fused-ring (bicyclic) bond motifs is 1. The lowest BCUT2D eigenvalue weighted by Crippen LogP contribution is -2.38. The maximum Gasteiger partial charge on any atom is 0.254 e. The van der Waals surface area contributed by atoms with Crippen molar-refractivity contribution in [1.29, 1.82) is 0 Å². The zero-order valence-electron chi connectivity index (χ0n) is 15.9. The molecule has 0 aliphatic carbocycles. The van der Waals surface area contributed by atoms with E-state index in [1.807, 2.05) is 53.4 Å². The molecule has 3 aromatic carbocycles. The van der Waals surface area contributed by atoms with Crippen LogP contribution in [0.25, 0.3) is 0 Å². The molecule has 0 saturated carbocycles. The average molecular weight is 390 g/mol. The zero-order chi connectivity index (χ0) is 19.5. The molecule has 4 heteroatoms. The van der Waals surface area contributed by atoms with Gasteiger partial charge in [0.1, 0.15) is 0 Å². The Kier molecular flexibility index (Phi) is 5.40. The molecule has 3 nitrogen and oxygen atoms in total. The van der Waals surface area contributed by atoms with E-state index in [0.29, 0.717) is 24.4 Å². The lowest BCUT2D eigenvalue weighted by Gasteiger charge is -2.35. The SMILES string of the molecule is C[S@](=O)Cc1cccc(C(=O)N2Cc3ccccc3[C@H](c3ccccc3)C2)c1. The van der Waals surface area contributed by atoms with Crippen molar-refractivity contribution in [3.8, 4) is 0 Å². The summed E-state index contributed by atoms with van der Waals surface area (Å²) in [6, 6.07) is 26.3. The molecule has 1 amide bonds. The van der Waals surface area contributed by atoms with Crippen LogP contribution in [0.1, 0.15) is 38.5 Å². The highest BCUT2D eigenvalue weighted by atomic mass is 32.2. The molecule has 2 atom stereocenters. The monoisotopic (exact) mass is 389 g/mol. The van der Waals surface area contributed by atoms with Crippen molar-refractivity contribution < 1.29 is 9.00 Å². The summed E-state index contributed by atoms with van der Waals surface area (Å²) < 4.78 is 11.5. The van der Waals surface area contributed by atoms with E-state index < -0.39 is 10.8 Å². The van der Waals surface area contributed by atoms with E-state index in [-0.39, 0.29) is 11.8 Å². The third kappa shape index (κ3) is 3.92. The predicted molar refractivity (Wildman–Crippen MR) is 114 cm³/mol. The molecule has 0 bridgehead atoms. The first kappa shape index (κ1) is 18.6. The molecule has 1 heterocycles. The van der Waals surface area contributed by atoms with Gasteiger partial charge in [-0.1, -0.05) is 66.7 Å². The Balaban J connectivity index is 1.66. The minimum absolute atomic E-state index is 0.0270. The van der Waals surface area contributed by atoms with Gasteiger partial charge in [-0.05, 0) is 34.4 Å². The van der Waals surface area contributed by atoms with Crippen LogP contribution in [0.2, 0.25) is 0 Å². The Morgan fingerprint density at radius 1 is 1.00 bits per heavy atom. The standard InChI is InChI=1S/C24H23NO2S/c1-28(27)17-18-8-7-12-20(14-18)24(26)25-15-21-11-5-6-13-22(21)23(16-25)19-9-3-2-4-10-19/h2-14,23H,15-17H2,1H3/t23-,28-/m0/s1. The molecule has 0 saturated heterocycles. The molecule has 142 valence electrons. The molecule has 0 spiro atoms. The molecule has 3 aromatic rings. The number of nitrogens with zero attached hydrogens (tertiary/aromatic N) is 1. The Labute approximate surface area is 168 Å². The molecule has 0 unspecified atom stereocenters. The number of carbonyl (C=O) groups is 1. The number of carbonyl (C=O) groups excluding carboxylic acids is 1. The van der Waals surface area contributed by atoms with E-state index in [1.165, 1.54) is 16.7 Å². The molecular formula is C24H23NO2S. The van der Waals surface area contributed by atoms with Gasteiger partial charge in [0.15, 0.2) is 0 Å². The normalized spacial score (nSPS) is 17.0. The molecule has 0 N–H and O–H groups in total. The summed E-state index contributed by atoms with van der Waals surface area (Å²) in [7, 11) is -0.928. The maximum atomic E-state index is 13.3. The minimum atomic E-state index is -0.928. The Bertz CT molecular complexity index is 1020. The largest absolute Gasteiger partial charge is 0.333 e. The van der Waals surface area contributed by atoms with Gasteiger partial charge in [0.05, 0.1) is 0 Å². The van der Waals surface area contributed by atoms with Crippen LogP contribution in [0, 0.1) is 0 Å². The number of hydrogen-bond donors (Lipinski definition) is 0. The van der Waals surface area contributed by atoms with Crippen molar-refractivity contribution in [3.63, 3.8) is 0 Å². The van der Waals surface area contributed by atoms with Crippen LogP contribution in [0.3, 0.4) is 0 Å². The van der Waals surface area contributed by atoms with E-state index in [9.17, 15) is 9.00 Å². The summed E-state index contributed by atoms with van der Waals surface area (Å²) >= 11 is 0. The van der Waals surface area contributed by atoms with Gasteiger partial charge in [-0.15, -0.1) is 0 Å². The summed E-state index contributed by atoms with van der Waals surface area (Å²) in [4.78, 5) is 15.2. The number of hydrogen-bond acceptors (Lipinski definition) is 2. The van der Waals surface area contributed by atoms with Gasteiger partial charge in [-0.2, -0.15) is 0 Å². The third-order valence-corrected chi connectivity index (χ3v) is 5.97. The fourth-order valence-electron chi connectivity index (χ4n) is 3.94. The molecule has 0 fully saturated rings. The number of benzene rings is 3. The lowest BCUT2D eigenvalue weighted by atomic mass is 9.84. The first-order valence-electron chi connectivity index (χ1n) is 9.43. The third-order valence-electron chi connectivity index (χ3n) is 5.23. The van der Waals surface area contributed by atoms with Crippen LogP contribution in [-0.2, 0) is 23.1 Å². The van der Waals surface area contributed by atoms with Gasteiger partial charge < -0.3 is 4.90 Å². The average Bonchev–Trinajstić information content (AvgIpc) is 2.73. The second kappa shape index (κ2) is 8.11. The highest BCUT2D eigenvalue weighted by molar-refractivity contribution is 7.83. The predicted octanol–water partition coefficient (Wildman–Crippen LogP) is 4.35. The maximum absolute atomic E-state index is 13.3. The van der Waals surface area contributed by atoms with Crippen molar-refractivity contribution in [1.82, 2.24) is 4.90 Å². The number of rotatable bonds is 4. The molecule has 0 radical (unpaired) electrons. The second-order valence-electron chi connectivity index (χ2n) is 7.27. The van der Waals surface area contributed by atoms with Crippen molar-refractivity contribution in [2.75, 3.05) is 12.8 Å². The molecule has 1 aliphatic rings. The fraction of sp³-hybridized carbons (Fsp3) is 0.208. The second-order valence-corrected chi connectivity index (χ2v) is 8.70. The zero-order valence-corrected chi connectivity index (χ0v) is 16.7. The van der Waals surface area contributed by atoms with E-state index in [1.54, 1.807) is 6.26 Å². The van der Waals surface area contributed by atoms with Crippen LogP contribution in [0.5, 0.6) is 0 Å². The molecule has 1 aliphatic heterocycles. The van der Waals surface area contributed by atoms with Crippen LogP contribution in [-0.4, -0.2) is 27.8 Å². The summed E-state index contributed by atoms with van der Waals surface area (Å²) in [6.07, 6.45) is 1.68. The van der Waals surface area contributed by atoms with Gasteiger partial charge in [0, 0.05) is 47.4 Å². The van der Waals surface area contributed by atoms with Crippen molar-refractivity contribution in [2.24, 2.45) is 0 Å². The molecule has 4 rings (SSSR count). The smallest absolute Gasteiger partial charge is 0.254 e. The molecular weight excluding hydrogens is 366 g/mol. The van der Waals surface area contributed by atoms with E-state index in [0.717, 1.165) is 5.56 Å². The molecule has 28 heavy (non-hydrogen) atoms. The van der Waals surface area contributed by atoms with Crippen LogP contribution in [0.15, 0.2) is 78.9 Å². The summed E-state index contributed by atoms with van der Waals surface area (Å²) in [5, 5.41) is 0. The lowest BCUT2D eigenvalue weighted by molar-refractivity contribution is 0.0725. The van der Waals surface area contributed by atoms with E-state index in [4.69, 9.17) is 0 Å². The minimum Gasteiger partial charge on any atom is -0.333 e. The van der Waals surface area contributed by atoms with Crippen LogP contribution >= 0.6 is 0 Å². The summed E-state index contributed by atoms with van der Waals surface area (Å²) in [6.45, 7) is 1.27. The number of amides is 1. The van der Waals surface area contributed by atoms with Gasteiger partial charge in [-0.3, -0.25) is 9.00 Å².